The van der Waals surface area contributed by atoms with E-state index in [0.717, 1.165) is 16.5 Å². The number of guanidine groups is 1. The second-order valence-corrected chi connectivity index (χ2v) is 10.3. The summed E-state index contributed by atoms with van der Waals surface area (Å²) in [6.07, 6.45) is -0.412. The fraction of sp³-hybridized carbons (Fsp3) is 0.379. The fourth-order valence-electron chi connectivity index (χ4n) is 4.54. The third kappa shape index (κ3) is 8.17. The van der Waals surface area contributed by atoms with Crippen LogP contribution in [0.1, 0.15) is 17.5 Å². The largest absolute Gasteiger partial charge is 0.388 e. The standard InChI is InChI=1S/C29H36N4O5S/c1-39-28-25(33-24(34)13-14-32-29(30)31)27(37-17-19-7-3-2-4-8-19)26(35)23(38-28)18-36-16-20-11-12-21-9-5-6-10-22(21)15-20/h2-12,15,23,25-28,35H,13-14,16-18H2,1H3,(H,33,34)(H4,30,31,32)/t23-,25-,26-,27-,28?/m1/s1. The number of hydrogen-bond donors (Lipinski definition) is 4. The molecule has 39 heavy (non-hydrogen) atoms. The first kappa shape index (κ1) is 28.8. The number of nitrogens with one attached hydrogen (secondary N) is 1. The topological polar surface area (TPSA) is 141 Å². The van der Waals surface area contributed by atoms with E-state index in [1.54, 1.807) is 0 Å². The first-order chi connectivity index (χ1) is 18.9. The van der Waals surface area contributed by atoms with Crippen molar-refractivity contribution < 1.29 is 24.1 Å². The lowest BCUT2D eigenvalue weighted by atomic mass is 9.97. The zero-order chi connectivity index (χ0) is 27.6. The Kier molecular flexibility index (Phi) is 10.6. The summed E-state index contributed by atoms with van der Waals surface area (Å²) in [4.78, 5) is 16.6. The van der Waals surface area contributed by atoms with Gasteiger partial charge >= 0.3 is 0 Å². The molecule has 1 aliphatic heterocycles. The van der Waals surface area contributed by atoms with E-state index in [1.165, 1.54) is 17.1 Å². The summed E-state index contributed by atoms with van der Waals surface area (Å²) in [6, 6.07) is 23.4. The highest BCUT2D eigenvalue weighted by molar-refractivity contribution is 7.99. The van der Waals surface area contributed by atoms with Crippen molar-refractivity contribution >= 4 is 34.4 Å². The monoisotopic (exact) mass is 552 g/mol. The zero-order valence-electron chi connectivity index (χ0n) is 21.9. The van der Waals surface area contributed by atoms with E-state index < -0.39 is 29.8 Å². The maximum absolute atomic E-state index is 12.7. The van der Waals surface area contributed by atoms with Crippen LogP contribution in [0.2, 0.25) is 0 Å². The number of aliphatic hydroxyl groups is 1. The number of carbonyl (C=O) groups is 1. The Balaban J connectivity index is 1.43. The molecule has 0 spiro atoms. The minimum atomic E-state index is -1.03. The third-order valence-electron chi connectivity index (χ3n) is 6.52. The summed E-state index contributed by atoms with van der Waals surface area (Å²) in [6.45, 7) is 0.979. The van der Waals surface area contributed by atoms with Crippen LogP contribution >= 0.6 is 11.8 Å². The smallest absolute Gasteiger partial charge is 0.222 e. The Hall–Kier alpha value is -3.15. The zero-order valence-corrected chi connectivity index (χ0v) is 22.8. The number of thioether (sulfide) groups is 1. The normalized spacial score (nSPS) is 22.9. The SMILES string of the molecule is CSC1O[C@H](COCc2ccc3ccccc3c2)[C@@H](O)[C@H](OCc2ccccc2)[C@H]1NC(=O)CCN=C(N)N. The van der Waals surface area contributed by atoms with Gasteiger partial charge in [-0.05, 0) is 34.2 Å². The molecule has 0 bridgehead atoms. The molecule has 4 rings (SSSR count). The molecule has 1 fully saturated rings. The first-order valence-electron chi connectivity index (χ1n) is 12.9. The third-order valence-corrected chi connectivity index (χ3v) is 7.39. The Labute approximate surface area is 232 Å². The van der Waals surface area contributed by atoms with Crippen LogP contribution in [-0.2, 0) is 32.2 Å². The lowest BCUT2D eigenvalue weighted by molar-refractivity contribution is -0.196. The number of nitrogens with zero attached hydrogens (tertiary/aromatic N) is 1. The molecule has 0 radical (unpaired) electrons. The molecule has 1 heterocycles. The average Bonchev–Trinajstić information content (AvgIpc) is 2.94. The van der Waals surface area contributed by atoms with E-state index in [-0.39, 0.29) is 38.0 Å². The molecule has 10 heteroatoms. The molecule has 9 nitrogen and oxygen atoms in total. The van der Waals surface area contributed by atoms with Crippen molar-refractivity contribution in [1.82, 2.24) is 5.32 Å². The van der Waals surface area contributed by atoms with Crippen molar-refractivity contribution in [3.63, 3.8) is 0 Å². The van der Waals surface area contributed by atoms with Crippen LogP contribution < -0.4 is 16.8 Å². The van der Waals surface area contributed by atoms with Crippen molar-refractivity contribution in [3.05, 3.63) is 83.9 Å². The van der Waals surface area contributed by atoms with E-state index in [2.05, 4.69) is 34.6 Å². The first-order valence-corrected chi connectivity index (χ1v) is 14.2. The number of rotatable bonds is 12. The summed E-state index contributed by atoms with van der Waals surface area (Å²) in [7, 11) is 0. The summed E-state index contributed by atoms with van der Waals surface area (Å²) in [5, 5.41) is 16.6. The summed E-state index contributed by atoms with van der Waals surface area (Å²) in [5.41, 5.74) is 12.3. The number of hydrogen-bond acceptors (Lipinski definition) is 7. The molecule has 1 unspecified atom stereocenters. The van der Waals surface area contributed by atoms with Gasteiger partial charge in [0.25, 0.3) is 0 Å². The van der Waals surface area contributed by atoms with Crippen molar-refractivity contribution in [2.24, 2.45) is 16.5 Å². The van der Waals surface area contributed by atoms with Gasteiger partial charge in [-0.15, -0.1) is 11.8 Å². The predicted octanol–water partition coefficient (Wildman–Crippen LogP) is 2.54. The van der Waals surface area contributed by atoms with Gasteiger partial charge in [0.05, 0.1) is 32.4 Å². The van der Waals surface area contributed by atoms with Gasteiger partial charge in [0.15, 0.2) is 5.96 Å². The molecule has 5 atom stereocenters. The van der Waals surface area contributed by atoms with E-state index in [4.69, 9.17) is 25.7 Å². The average molecular weight is 553 g/mol. The predicted molar refractivity (Wildman–Crippen MR) is 154 cm³/mol. The van der Waals surface area contributed by atoms with Gasteiger partial charge in [0, 0.05) is 6.42 Å². The molecule has 3 aromatic rings. The second kappa shape index (κ2) is 14.3. The molecular weight excluding hydrogens is 516 g/mol. The van der Waals surface area contributed by atoms with Crippen LogP contribution in [0.15, 0.2) is 77.8 Å². The number of nitrogens with two attached hydrogens (primary N) is 2. The van der Waals surface area contributed by atoms with E-state index in [9.17, 15) is 9.90 Å². The summed E-state index contributed by atoms with van der Waals surface area (Å²) < 4.78 is 18.5. The quantitative estimate of drug-likeness (QED) is 0.198. The molecule has 1 aliphatic rings. The molecule has 1 amide bonds. The Morgan fingerprint density at radius 2 is 1.77 bits per heavy atom. The van der Waals surface area contributed by atoms with E-state index >= 15 is 0 Å². The number of amides is 1. The number of ether oxygens (including phenoxy) is 3. The van der Waals surface area contributed by atoms with Crippen molar-refractivity contribution in [3.8, 4) is 0 Å². The lowest BCUT2D eigenvalue weighted by Gasteiger charge is -2.44. The van der Waals surface area contributed by atoms with Gasteiger partial charge < -0.3 is 36.1 Å². The number of benzene rings is 3. The number of carbonyl (C=O) groups excluding carboxylic acids is 1. The maximum Gasteiger partial charge on any atom is 0.222 e. The van der Waals surface area contributed by atoms with Crippen LogP contribution in [0, 0.1) is 0 Å². The molecule has 0 aliphatic carbocycles. The lowest BCUT2D eigenvalue weighted by Crippen LogP contribution is -2.64. The van der Waals surface area contributed by atoms with Crippen molar-refractivity contribution in [1.29, 1.82) is 0 Å². The molecule has 0 aromatic heterocycles. The Morgan fingerprint density at radius 1 is 1.03 bits per heavy atom. The summed E-state index contributed by atoms with van der Waals surface area (Å²) >= 11 is 1.44. The van der Waals surface area contributed by atoms with Crippen LogP contribution in [0.25, 0.3) is 10.8 Å². The highest BCUT2D eigenvalue weighted by Gasteiger charge is 2.46. The van der Waals surface area contributed by atoms with Crippen molar-refractivity contribution in [2.45, 2.75) is 49.4 Å². The van der Waals surface area contributed by atoms with Gasteiger partial charge in [-0.3, -0.25) is 9.79 Å². The summed E-state index contributed by atoms with van der Waals surface area (Å²) in [5.74, 6) is -0.337. The Bertz CT molecular complexity index is 1240. The molecule has 6 N–H and O–H groups in total. The molecule has 3 aromatic carbocycles. The van der Waals surface area contributed by atoms with Gasteiger partial charge in [0.2, 0.25) is 5.91 Å². The Morgan fingerprint density at radius 3 is 2.51 bits per heavy atom. The van der Waals surface area contributed by atoms with Gasteiger partial charge in [0.1, 0.15) is 23.7 Å². The van der Waals surface area contributed by atoms with Gasteiger partial charge in [-0.25, -0.2) is 0 Å². The highest BCUT2D eigenvalue weighted by Crippen LogP contribution is 2.30. The minimum Gasteiger partial charge on any atom is -0.388 e. The highest BCUT2D eigenvalue weighted by atomic mass is 32.2. The number of fused-ring (bicyclic) bond motifs is 1. The van der Waals surface area contributed by atoms with Crippen LogP contribution in [-0.4, -0.2) is 66.2 Å². The molecular formula is C29H36N4O5S. The van der Waals surface area contributed by atoms with Crippen LogP contribution in [0.5, 0.6) is 0 Å². The fourth-order valence-corrected chi connectivity index (χ4v) is 5.31. The molecule has 0 saturated carbocycles. The number of aliphatic hydroxyl groups excluding tert-OH is 1. The second-order valence-electron chi connectivity index (χ2n) is 9.38. The van der Waals surface area contributed by atoms with E-state index in [0.29, 0.717) is 6.61 Å². The van der Waals surface area contributed by atoms with Gasteiger partial charge in [-0.2, -0.15) is 0 Å². The van der Waals surface area contributed by atoms with Gasteiger partial charge in [-0.1, -0.05) is 66.7 Å². The van der Waals surface area contributed by atoms with Crippen molar-refractivity contribution in [2.75, 3.05) is 19.4 Å². The van der Waals surface area contributed by atoms with E-state index in [1.807, 2.05) is 54.8 Å². The minimum absolute atomic E-state index is 0.0724. The van der Waals surface area contributed by atoms with Crippen LogP contribution in [0.3, 0.4) is 0 Å². The molecule has 1 saturated heterocycles. The van der Waals surface area contributed by atoms with Crippen LogP contribution in [0.4, 0.5) is 0 Å². The molecule has 208 valence electrons. The number of aliphatic imine (C=N–C) groups is 1. The maximum atomic E-state index is 12.7.